The van der Waals surface area contributed by atoms with Crippen LogP contribution in [-0.2, 0) is 4.79 Å². The van der Waals surface area contributed by atoms with Gasteiger partial charge in [0.05, 0.1) is 7.11 Å². The topological polar surface area (TPSA) is 66.8 Å². The maximum Gasteiger partial charge on any atom is 0.339 e. The van der Waals surface area contributed by atoms with Crippen LogP contribution in [-0.4, -0.2) is 35.9 Å². The molecule has 1 aromatic carbocycles. The van der Waals surface area contributed by atoms with Gasteiger partial charge in [-0.3, -0.25) is 4.79 Å². The Kier molecular flexibility index (Phi) is 3.47. The van der Waals surface area contributed by atoms with Crippen molar-refractivity contribution in [2.24, 2.45) is 0 Å². The molecule has 1 aliphatic rings. The average molecular weight is 267 g/mol. The van der Waals surface area contributed by atoms with Crippen LogP contribution in [0.15, 0.2) is 18.2 Å². The van der Waals surface area contributed by atoms with Crippen molar-refractivity contribution in [2.45, 2.75) is 11.7 Å². The lowest BCUT2D eigenvalue weighted by molar-refractivity contribution is -0.117. The first-order chi connectivity index (χ1) is 8.52. The van der Waals surface area contributed by atoms with Gasteiger partial charge >= 0.3 is 5.97 Å². The number of methoxy groups -OCH3 is 1. The fraction of sp³-hybridized carbons (Fsp3) is 0.333. The normalized spacial score (nSPS) is 19.1. The molecule has 0 radical (unpaired) electrons. The van der Waals surface area contributed by atoms with Crippen LogP contribution in [0.2, 0.25) is 0 Å². The molecular weight excluding hydrogens is 254 g/mol. The molecule has 1 aliphatic heterocycles. The SMILES string of the molecule is COc1cc(N2CC(S)CC2=O)ccc1C(=O)O. The van der Waals surface area contributed by atoms with Crippen molar-refractivity contribution < 1.29 is 19.4 Å². The van der Waals surface area contributed by atoms with Gasteiger partial charge in [-0.2, -0.15) is 12.6 Å². The monoisotopic (exact) mass is 267 g/mol. The third-order valence-corrected chi connectivity index (χ3v) is 3.18. The number of nitrogens with zero attached hydrogens (tertiary/aromatic N) is 1. The number of carbonyl (C=O) groups excluding carboxylic acids is 1. The molecule has 0 aliphatic carbocycles. The molecule has 1 amide bonds. The van der Waals surface area contributed by atoms with Gasteiger partial charge in [0.15, 0.2) is 0 Å². The quantitative estimate of drug-likeness (QED) is 0.813. The number of thiol groups is 1. The highest BCUT2D eigenvalue weighted by molar-refractivity contribution is 7.81. The number of rotatable bonds is 3. The summed E-state index contributed by atoms with van der Waals surface area (Å²) in [5.41, 5.74) is 0.716. The molecule has 1 fully saturated rings. The minimum absolute atomic E-state index is 0.0138. The van der Waals surface area contributed by atoms with Gasteiger partial charge < -0.3 is 14.7 Å². The van der Waals surface area contributed by atoms with Gasteiger partial charge in [0.2, 0.25) is 5.91 Å². The smallest absolute Gasteiger partial charge is 0.339 e. The largest absolute Gasteiger partial charge is 0.496 e. The van der Waals surface area contributed by atoms with Gasteiger partial charge in [0.1, 0.15) is 11.3 Å². The second-order valence-electron chi connectivity index (χ2n) is 4.05. The molecule has 1 atom stereocenters. The van der Waals surface area contributed by atoms with Crippen molar-refractivity contribution in [3.63, 3.8) is 0 Å². The molecule has 6 heteroatoms. The van der Waals surface area contributed by atoms with Crippen LogP contribution in [0, 0.1) is 0 Å². The lowest BCUT2D eigenvalue weighted by Gasteiger charge is -2.17. The van der Waals surface area contributed by atoms with E-state index in [9.17, 15) is 9.59 Å². The van der Waals surface area contributed by atoms with E-state index < -0.39 is 5.97 Å². The van der Waals surface area contributed by atoms with Crippen molar-refractivity contribution >= 4 is 30.2 Å². The Morgan fingerprint density at radius 2 is 2.28 bits per heavy atom. The van der Waals surface area contributed by atoms with Gasteiger partial charge in [-0.1, -0.05) is 0 Å². The number of carboxylic acids is 1. The molecule has 0 saturated carbocycles. The first kappa shape index (κ1) is 12.8. The maximum atomic E-state index is 11.7. The molecule has 5 nitrogen and oxygen atoms in total. The minimum Gasteiger partial charge on any atom is -0.496 e. The third kappa shape index (κ3) is 2.28. The Balaban J connectivity index is 2.36. The summed E-state index contributed by atoms with van der Waals surface area (Å²) in [6.45, 7) is 0.525. The Labute approximate surface area is 110 Å². The molecule has 0 bridgehead atoms. The van der Waals surface area contributed by atoms with Crippen molar-refractivity contribution in [1.29, 1.82) is 0 Å². The number of amides is 1. The van der Waals surface area contributed by atoms with Crippen LogP contribution < -0.4 is 9.64 Å². The average Bonchev–Trinajstić information content (AvgIpc) is 2.67. The van der Waals surface area contributed by atoms with E-state index >= 15 is 0 Å². The number of carboxylic acid groups (broad SMARTS) is 1. The van der Waals surface area contributed by atoms with Crippen LogP contribution in [0.3, 0.4) is 0 Å². The van der Waals surface area contributed by atoms with Crippen molar-refractivity contribution in [1.82, 2.24) is 0 Å². The van der Waals surface area contributed by atoms with Gasteiger partial charge in [-0.25, -0.2) is 4.79 Å². The van der Waals surface area contributed by atoms with Gasteiger partial charge in [-0.15, -0.1) is 0 Å². The van der Waals surface area contributed by atoms with Crippen LogP contribution >= 0.6 is 12.6 Å². The van der Waals surface area contributed by atoms with E-state index in [1.807, 2.05) is 0 Å². The Morgan fingerprint density at radius 3 is 2.78 bits per heavy atom. The van der Waals surface area contributed by atoms with E-state index in [0.29, 0.717) is 18.7 Å². The molecule has 2 rings (SSSR count). The first-order valence-electron chi connectivity index (χ1n) is 5.42. The van der Waals surface area contributed by atoms with E-state index in [1.165, 1.54) is 13.2 Å². The van der Waals surface area contributed by atoms with E-state index in [0.717, 1.165) is 0 Å². The van der Waals surface area contributed by atoms with Gasteiger partial charge in [-0.05, 0) is 12.1 Å². The molecular formula is C12H13NO4S. The number of hydrogen-bond donors (Lipinski definition) is 2. The van der Waals surface area contributed by atoms with Crippen LogP contribution in [0.25, 0.3) is 0 Å². The fourth-order valence-corrected chi connectivity index (χ4v) is 2.28. The summed E-state index contributed by atoms with van der Waals surface area (Å²) in [4.78, 5) is 24.3. The van der Waals surface area contributed by atoms with Crippen molar-refractivity contribution in [3.05, 3.63) is 23.8 Å². The van der Waals surface area contributed by atoms with E-state index in [2.05, 4.69) is 12.6 Å². The molecule has 1 heterocycles. The number of hydrogen-bond acceptors (Lipinski definition) is 4. The zero-order valence-corrected chi connectivity index (χ0v) is 10.7. The minimum atomic E-state index is -1.06. The maximum absolute atomic E-state index is 11.7. The lowest BCUT2D eigenvalue weighted by Crippen LogP contribution is -2.24. The Hall–Kier alpha value is -1.69. The zero-order valence-electron chi connectivity index (χ0n) is 9.79. The number of aromatic carboxylic acids is 1. The molecule has 96 valence electrons. The second kappa shape index (κ2) is 4.89. The fourth-order valence-electron chi connectivity index (χ4n) is 1.96. The van der Waals surface area contributed by atoms with Crippen LogP contribution in [0.5, 0.6) is 5.75 Å². The number of ether oxygens (including phenoxy) is 1. The number of benzene rings is 1. The summed E-state index contributed by atoms with van der Waals surface area (Å²) >= 11 is 4.28. The molecule has 1 N–H and O–H groups in total. The van der Waals surface area contributed by atoms with Crippen LogP contribution in [0.4, 0.5) is 5.69 Å². The summed E-state index contributed by atoms with van der Waals surface area (Å²) in [5, 5.41) is 8.99. The molecule has 0 aromatic heterocycles. The van der Waals surface area contributed by atoms with Crippen molar-refractivity contribution in [2.75, 3.05) is 18.6 Å². The summed E-state index contributed by atoms with van der Waals surface area (Å²) in [6, 6.07) is 4.61. The summed E-state index contributed by atoms with van der Waals surface area (Å²) < 4.78 is 5.03. The molecule has 0 spiro atoms. The first-order valence-corrected chi connectivity index (χ1v) is 5.94. The predicted octanol–water partition coefficient (Wildman–Crippen LogP) is 1.43. The lowest BCUT2D eigenvalue weighted by atomic mass is 10.1. The van der Waals surface area contributed by atoms with E-state index in [4.69, 9.17) is 9.84 Å². The second-order valence-corrected chi connectivity index (χ2v) is 4.78. The van der Waals surface area contributed by atoms with Crippen LogP contribution in [0.1, 0.15) is 16.8 Å². The number of anilines is 1. The van der Waals surface area contributed by atoms with E-state index in [-0.39, 0.29) is 22.5 Å². The zero-order chi connectivity index (χ0) is 13.3. The molecule has 1 saturated heterocycles. The Morgan fingerprint density at radius 1 is 1.56 bits per heavy atom. The molecule has 1 unspecified atom stereocenters. The highest BCUT2D eigenvalue weighted by Crippen LogP contribution is 2.29. The van der Waals surface area contributed by atoms with Gasteiger partial charge in [0, 0.05) is 30.0 Å². The number of carbonyl (C=O) groups is 2. The molecule has 1 aromatic rings. The highest BCUT2D eigenvalue weighted by atomic mass is 32.1. The van der Waals surface area contributed by atoms with E-state index in [1.54, 1.807) is 17.0 Å². The summed E-state index contributed by atoms with van der Waals surface area (Å²) in [7, 11) is 1.40. The third-order valence-electron chi connectivity index (χ3n) is 2.83. The standard InChI is InChI=1S/C12H13NO4S/c1-17-10-4-7(2-3-9(10)12(15)16)13-6-8(18)5-11(13)14/h2-4,8,18H,5-6H2,1H3,(H,15,16). The summed E-state index contributed by atoms with van der Waals surface area (Å²) in [5.74, 6) is -0.825. The molecule has 18 heavy (non-hydrogen) atoms. The Bertz CT molecular complexity index is 503. The highest BCUT2D eigenvalue weighted by Gasteiger charge is 2.29. The van der Waals surface area contributed by atoms with Crippen molar-refractivity contribution in [3.8, 4) is 5.75 Å². The summed E-state index contributed by atoms with van der Waals surface area (Å²) in [6.07, 6.45) is 0.395. The van der Waals surface area contributed by atoms with Gasteiger partial charge in [0.25, 0.3) is 0 Å². The predicted molar refractivity (Wildman–Crippen MR) is 69.7 cm³/mol.